The summed E-state index contributed by atoms with van der Waals surface area (Å²) in [6.07, 6.45) is 3.69. The smallest absolute Gasteiger partial charge is 0.276 e. The number of piperidine rings is 1. The molecule has 0 radical (unpaired) electrons. The quantitative estimate of drug-likeness (QED) is 0.873. The van der Waals surface area contributed by atoms with Gasteiger partial charge in [-0.25, -0.2) is 4.98 Å². The van der Waals surface area contributed by atoms with E-state index in [4.69, 9.17) is 4.52 Å². The normalized spacial score (nSPS) is 18.4. The second kappa shape index (κ2) is 6.92. The van der Waals surface area contributed by atoms with Gasteiger partial charge in [0.2, 0.25) is 0 Å². The molecule has 148 valence electrons. The lowest BCUT2D eigenvalue weighted by Gasteiger charge is -2.50. The lowest BCUT2D eigenvalue weighted by Crippen LogP contribution is -2.67. The number of likely N-dealkylation sites (tertiary alicyclic amines) is 1. The summed E-state index contributed by atoms with van der Waals surface area (Å²) in [5.41, 5.74) is 0.399. The molecule has 2 aromatic rings. The van der Waals surface area contributed by atoms with Crippen molar-refractivity contribution in [2.45, 2.75) is 38.8 Å². The fraction of sp³-hybridized carbons (Fsp3) is 0.500. The zero-order valence-corrected chi connectivity index (χ0v) is 16.4. The number of amides is 2. The monoisotopic (exact) mass is 383 g/mol. The van der Waals surface area contributed by atoms with Crippen LogP contribution < -0.4 is 10.2 Å². The Hall–Kier alpha value is -2.90. The van der Waals surface area contributed by atoms with Gasteiger partial charge in [0.25, 0.3) is 11.8 Å². The van der Waals surface area contributed by atoms with Crippen molar-refractivity contribution in [2.75, 3.05) is 25.0 Å². The van der Waals surface area contributed by atoms with Gasteiger partial charge in [0.15, 0.2) is 5.69 Å². The molecule has 1 fully saturated rings. The van der Waals surface area contributed by atoms with Crippen LogP contribution in [0.15, 0.2) is 28.9 Å². The van der Waals surface area contributed by atoms with Crippen LogP contribution in [0, 0.1) is 5.92 Å². The lowest BCUT2D eigenvalue weighted by atomic mass is 9.91. The first-order valence-corrected chi connectivity index (χ1v) is 9.66. The highest BCUT2D eigenvalue weighted by atomic mass is 16.5. The minimum absolute atomic E-state index is 0.115. The van der Waals surface area contributed by atoms with E-state index in [1.807, 2.05) is 11.9 Å². The number of anilines is 1. The zero-order valence-electron chi connectivity index (χ0n) is 16.4. The highest BCUT2D eigenvalue weighted by Crippen LogP contribution is 2.35. The molecule has 4 rings (SSSR count). The van der Waals surface area contributed by atoms with Gasteiger partial charge in [-0.3, -0.25) is 9.59 Å². The van der Waals surface area contributed by atoms with Crippen molar-refractivity contribution in [2.24, 2.45) is 5.92 Å². The molecule has 1 N–H and O–H groups in total. The maximum Gasteiger partial charge on any atom is 0.276 e. The number of aromatic nitrogens is 2. The number of carbonyl (C=O) groups excluding carboxylic acids is 2. The molecule has 0 bridgehead atoms. The predicted octanol–water partition coefficient (Wildman–Crippen LogP) is 2.08. The van der Waals surface area contributed by atoms with Crippen LogP contribution in [0.5, 0.6) is 0 Å². The third-order valence-electron chi connectivity index (χ3n) is 5.60. The summed E-state index contributed by atoms with van der Waals surface area (Å²) in [6.45, 7) is 5.24. The average molecular weight is 383 g/mol. The third kappa shape index (κ3) is 3.12. The van der Waals surface area contributed by atoms with E-state index in [1.165, 1.54) is 0 Å². The van der Waals surface area contributed by atoms with Crippen LogP contribution in [0.2, 0.25) is 0 Å². The topological polar surface area (TPSA) is 91.6 Å². The number of carbonyl (C=O) groups is 2. The van der Waals surface area contributed by atoms with E-state index < -0.39 is 5.66 Å². The fourth-order valence-electron chi connectivity index (χ4n) is 4.02. The number of hydrogen-bond donors (Lipinski definition) is 1. The molecule has 4 heterocycles. The maximum atomic E-state index is 12.8. The van der Waals surface area contributed by atoms with E-state index in [0.717, 1.165) is 12.2 Å². The highest BCUT2D eigenvalue weighted by Gasteiger charge is 2.45. The van der Waals surface area contributed by atoms with Crippen LogP contribution in [0.3, 0.4) is 0 Å². The molecule has 2 amide bonds. The molecular weight excluding hydrogens is 358 g/mol. The van der Waals surface area contributed by atoms with Gasteiger partial charge in [-0.2, -0.15) is 0 Å². The predicted molar refractivity (Wildman–Crippen MR) is 103 cm³/mol. The largest absolute Gasteiger partial charge is 0.361 e. The first-order valence-electron chi connectivity index (χ1n) is 9.66. The molecule has 0 atom stereocenters. The standard InChI is InChI=1S/C20H25N5O3/c1-13(2)11-14-12-16(23-28-14)19(27)25-9-6-20(7-10-25)22-18(26)15-5-4-8-21-17(15)24(20)3/h4-5,8,12-13H,6-7,9-11H2,1-3H3,(H,22,26). The molecule has 2 aliphatic rings. The number of rotatable bonds is 3. The number of fused-ring (bicyclic) bond motifs is 1. The Labute approximate surface area is 163 Å². The second-order valence-electron chi connectivity index (χ2n) is 7.99. The van der Waals surface area contributed by atoms with Gasteiger partial charge in [0.1, 0.15) is 17.2 Å². The van der Waals surface area contributed by atoms with Gasteiger partial charge in [0.05, 0.1) is 5.56 Å². The first kappa shape index (κ1) is 18.5. The lowest BCUT2D eigenvalue weighted by molar-refractivity contribution is 0.0599. The molecule has 1 spiro atoms. The number of nitrogens with one attached hydrogen (secondary N) is 1. The minimum atomic E-state index is -0.526. The number of nitrogens with zero attached hydrogens (tertiary/aromatic N) is 4. The van der Waals surface area contributed by atoms with E-state index in [9.17, 15) is 9.59 Å². The first-order chi connectivity index (χ1) is 13.4. The summed E-state index contributed by atoms with van der Waals surface area (Å²) >= 11 is 0. The third-order valence-corrected chi connectivity index (χ3v) is 5.60. The molecule has 2 aromatic heterocycles. The van der Waals surface area contributed by atoms with Gasteiger partial charge in [-0.05, 0) is 18.1 Å². The van der Waals surface area contributed by atoms with Gasteiger partial charge < -0.3 is 19.6 Å². The molecule has 1 saturated heterocycles. The fourth-order valence-corrected chi connectivity index (χ4v) is 4.02. The second-order valence-corrected chi connectivity index (χ2v) is 7.99. The molecular formula is C20H25N5O3. The van der Waals surface area contributed by atoms with E-state index >= 15 is 0 Å². The van der Waals surface area contributed by atoms with Gasteiger partial charge >= 0.3 is 0 Å². The number of pyridine rings is 1. The Bertz CT molecular complexity index is 899. The SMILES string of the molecule is CC(C)Cc1cc(C(=O)N2CCC3(CC2)NC(=O)c2cccnc2N3C)no1. The molecule has 0 saturated carbocycles. The van der Waals surface area contributed by atoms with Crippen molar-refractivity contribution in [1.29, 1.82) is 0 Å². The van der Waals surface area contributed by atoms with Crippen molar-refractivity contribution in [1.82, 2.24) is 20.4 Å². The van der Waals surface area contributed by atoms with Crippen LogP contribution in [0.4, 0.5) is 5.82 Å². The molecule has 0 aliphatic carbocycles. The summed E-state index contributed by atoms with van der Waals surface area (Å²) in [4.78, 5) is 33.6. The molecule has 2 aliphatic heterocycles. The van der Waals surface area contributed by atoms with Crippen molar-refractivity contribution < 1.29 is 14.1 Å². The molecule has 28 heavy (non-hydrogen) atoms. The molecule has 8 nitrogen and oxygen atoms in total. The Morgan fingerprint density at radius 2 is 2.11 bits per heavy atom. The maximum absolute atomic E-state index is 12.8. The van der Waals surface area contributed by atoms with E-state index in [2.05, 4.69) is 29.3 Å². The minimum Gasteiger partial charge on any atom is -0.361 e. The van der Waals surface area contributed by atoms with Gasteiger partial charge in [-0.15, -0.1) is 0 Å². The Kier molecular flexibility index (Phi) is 4.56. The van der Waals surface area contributed by atoms with Crippen molar-refractivity contribution in [3.8, 4) is 0 Å². The van der Waals surface area contributed by atoms with E-state index in [0.29, 0.717) is 48.9 Å². The summed E-state index contributed by atoms with van der Waals surface area (Å²) < 4.78 is 5.30. The summed E-state index contributed by atoms with van der Waals surface area (Å²) in [5.74, 6) is 1.61. The summed E-state index contributed by atoms with van der Waals surface area (Å²) in [5, 5.41) is 7.09. The molecule has 8 heteroatoms. The Morgan fingerprint density at radius 3 is 2.82 bits per heavy atom. The van der Waals surface area contributed by atoms with Crippen molar-refractivity contribution >= 4 is 17.6 Å². The van der Waals surface area contributed by atoms with Crippen LogP contribution in [0.1, 0.15) is 53.3 Å². The molecule has 0 unspecified atom stereocenters. The van der Waals surface area contributed by atoms with Crippen LogP contribution in [-0.4, -0.2) is 52.7 Å². The van der Waals surface area contributed by atoms with Crippen LogP contribution >= 0.6 is 0 Å². The van der Waals surface area contributed by atoms with E-state index in [-0.39, 0.29) is 11.8 Å². The molecule has 0 aromatic carbocycles. The van der Waals surface area contributed by atoms with Gasteiger partial charge in [-0.1, -0.05) is 19.0 Å². The summed E-state index contributed by atoms with van der Waals surface area (Å²) in [6, 6.07) is 5.28. The van der Waals surface area contributed by atoms with Gasteiger partial charge in [0, 0.05) is 51.7 Å². The number of hydrogen-bond acceptors (Lipinski definition) is 6. The Balaban J connectivity index is 1.47. The zero-order chi connectivity index (χ0) is 19.9. The highest BCUT2D eigenvalue weighted by molar-refractivity contribution is 6.01. The van der Waals surface area contributed by atoms with Crippen molar-refractivity contribution in [3.63, 3.8) is 0 Å². The van der Waals surface area contributed by atoms with Crippen molar-refractivity contribution in [3.05, 3.63) is 41.4 Å². The summed E-state index contributed by atoms with van der Waals surface area (Å²) in [7, 11) is 1.94. The van der Waals surface area contributed by atoms with E-state index in [1.54, 1.807) is 29.3 Å². The Morgan fingerprint density at radius 1 is 1.36 bits per heavy atom. The van der Waals surface area contributed by atoms with Crippen LogP contribution in [-0.2, 0) is 6.42 Å². The van der Waals surface area contributed by atoms with Crippen LogP contribution in [0.25, 0.3) is 0 Å². The average Bonchev–Trinajstić information content (AvgIpc) is 3.14.